The molecule has 0 aliphatic carbocycles. The van der Waals surface area contributed by atoms with Crippen molar-refractivity contribution in [2.24, 2.45) is 0 Å². The van der Waals surface area contributed by atoms with E-state index in [1.54, 1.807) is 29.9 Å². The molecule has 2 heterocycles. The third-order valence-corrected chi connectivity index (χ3v) is 5.69. The molecule has 2 amide bonds. The SMILES string of the molecule is COC(=O)c1cc(-c2ccc(C(=O)NCCc3cncs3)cn2)ccc1N(CC(F)F)C(C)=O. The van der Waals surface area contributed by atoms with Gasteiger partial charge in [-0.3, -0.25) is 19.6 Å². The molecule has 11 heteroatoms. The molecule has 0 unspecified atom stereocenters. The van der Waals surface area contributed by atoms with Crippen molar-refractivity contribution in [2.45, 2.75) is 19.8 Å². The minimum atomic E-state index is -2.78. The van der Waals surface area contributed by atoms with Gasteiger partial charge in [-0.05, 0) is 24.3 Å². The quantitative estimate of drug-likeness (QED) is 0.462. The van der Waals surface area contributed by atoms with Gasteiger partial charge in [-0.15, -0.1) is 11.3 Å². The second-order valence-electron chi connectivity index (χ2n) is 7.15. The van der Waals surface area contributed by atoms with Gasteiger partial charge in [-0.25, -0.2) is 13.6 Å². The van der Waals surface area contributed by atoms with Crippen LogP contribution in [0.25, 0.3) is 11.3 Å². The number of hydrogen-bond acceptors (Lipinski definition) is 7. The number of nitrogens with zero attached hydrogens (tertiary/aromatic N) is 3. The Labute approximate surface area is 198 Å². The number of benzene rings is 1. The molecular weight excluding hydrogens is 466 g/mol. The summed E-state index contributed by atoms with van der Waals surface area (Å²) in [6, 6.07) is 7.57. The minimum Gasteiger partial charge on any atom is -0.465 e. The van der Waals surface area contributed by atoms with Crippen molar-refractivity contribution < 1.29 is 27.9 Å². The van der Waals surface area contributed by atoms with E-state index in [0.717, 1.165) is 23.8 Å². The zero-order valence-electron chi connectivity index (χ0n) is 18.5. The lowest BCUT2D eigenvalue weighted by Crippen LogP contribution is -2.34. The first kappa shape index (κ1) is 24.9. The number of rotatable bonds is 9. The maximum atomic E-state index is 13.0. The van der Waals surface area contributed by atoms with Crippen LogP contribution >= 0.6 is 11.3 Å². The summed E-state index contributed by atoms with van der Waals surface area (Å²) in [6.07, 6.45) is 1.05. The summed E-state index contributed by atoms with van der Waals surface area (Å²) in [7, 11) is 1.16. The van der Waals surface area contributed by atoms with Crippen LogP contribution in [0.2, 0.25) is 0 Å². The van der Waals surface area contributed by atoms with Crippen molar-refractivity contribution in [2.75, 3.05) is 25.1 Å². The average molecular weight is 489 g/mol. The maximum absolute atomic E-state index is 13.0. The Morgan fingerprint density at radius 1 is 1.18 bits per heavy atom. The molecule has 8 nitrogen and oxygen atoms in total. The van der Waals surface area contributed by atoms with Gasteiger partial charge in [0.05, 0.1) is 41.7 Å². The number of thiazole rings is 1. The van der Waals surface area contributed by atoms with Crippen molar-refractivity contribution in [1.29, 1.82) is 0 Å². The molecule has 0 aliphatic heterocycles. The molecule has 3 aromatic rings. The minimum absolute atomic E-state index is 0.0142. The molecule has 1 N–H and O–H groups in total. The Kier molecular flexibility index (Phi) is 8.36. The first-order chi connectivity index (χ1) is 16.3. The molecule has 0 fully saturated rings. The fourth-order valence-electron chi connectivity index (χ4n) is 3.20. The smallest absolute Gasteiger partial charge is 0.340 e. The maximum Gasteiger partial charge on any atom is 0.340 e. The number of esters is 1. The topological polar surface area (TPSA) is 101 Å². The van der Waals surface area contributed by atoms with Crippen LogP contribution in [0.1, 0.15) is 32.5 Å². The molecular formula is C23H22F2N4O4S. The number of halogens is 2. The summed E-state index contributed by atoms with van der Waals surface area (Å²) >= 11 is 1.52. The van der Waals surface area contributed by atoms with E-state index in [4.69, 9.17) is 4.74 Å². The van der Waals surface area contributed by atoms with Gasteiger partial charge in [0.1, 0.15) is 0 Å². The van der Waals surface area contributed by atoms with Gasteiger partial charge in [-0.1, -0.05) is 6.07 Å². The molecule has 3 rings (SSSR count). The van der Waals surface area contributed by atoms with E-state index in [9.17, 15) is 23.2 Å². The lowest BCUT2D eigenvalue weighted by Gasteiger charge is -2.23. The van der Waals surface area contributed by atoms with Crippen molar-refractivity contribution >= 4 is 34.8 Å². The van der Waals surface area contributed by atoms with Gasteiger partial charge < -0.3 is 15.0 Å². The summed E-state index contributed by atoms with van der Waals surface area (Å²) in [5, 5.41) is 2.81. The van der Waals surface area contributed by atoms with Crippen molar-refractivity contribution in [1.82, 2.24) is 15.3 Å². The van der Waals surface area contributed by atoms with E-state index >= 15 is 0 Å². The number of hydrogen-bond donors (Lipinski definition) is 1. The highest BCUT2D eigenvalue weighted by Gasteiger charge is 2.24. The van der Waals surface area contributed by atoms with Gasteiger partial charge in [0, 0.05) is 42.7 Å². The molecule has 2 aromatic heterocycles. The number of amides is 2. The van der Waals surface area contributed by atoms with Gasteiger partial charge >= 0.3 is 5.97 Å². The van der Waals surface area contributed by atoms with Crippen LogP contribution in [0.3, 0.4) is 0 Å². The Hall–Kier alpha value is -3.73. The highest BCUT2D eigenvalue weighted by Crippen LogP contribution is 2.28. The van der Waals surface area contributed by atoms with E-state index in [2.05, 4.69) is 15.3 Å². The molecule has 178 valence electrons. The van der Waals surface area contributed by atoms with Gasteiger partial charge in [-0.2, -0.15) is 0 Å². The molecule has 0 spiro atoms. The number of methoxy groups -OCH3 is 1. The number of ether oxygens (including phenoxy) is 1. The normalized spacial score (nSPS) is 10.7. The summed E-state index contributed by atoms with van der Waals surface area (Å²) in [6.45, 7) is 0.738. The molecule has 0 saturated heterocycles. The lowest BCUT2D eigenvalue weighted by molar-refractivity contribution is -0.117. The number of anilines is 1. The molecule has 0 aliphatic rings. The number of carbonyl (C=O) groups is 3. The summed E-state index contributed by atoms with van der Waals surface area (Å²) in [5.41, 5.74) is 2.98. The first-order valence-corrected chi connectivity index (χ1v) is 11.1. The number of aromatic nitrogens is 2. The van der Waals surface area contributed by atoms with Crippen molar-refractivity contribution in [3.05, 3.63) is 64.2 Å². The monoisotopic (exact) mass is 488 g/mol. The average Bonchev–Trinajstić information content (AvgIpc) is 3.35. The van der Waals surface area contributed by atoms with E-state index in [0.29, 0.717) is 29.8 Å². The van der Waals surface area contributed by atoms with Crippen LogP contribution in [-0.4, -0.2) is 54.4 Å². The van der Waals surface area contributed by atoms with Crippen LogP contribution in [-0.2, 0) is 16.0 Å². The molecule has 0 bridgehead atoms. The van der Waals surface area contributed by atoms with Crippen LogP contribution in [0.15, 0.2) is 48.2 Å². The summed E-state index contributed by atoms with van der Waals surface area (Å²) in [4.78, 5) is 46.8. The third kappa shape index (κ3) is 6.19. The fourth-order valence-corrected chi connectivity index (χ4v) is 3.80. The molecule has 0 saturated carbocycles. The Morgan fingerprint density at radius 2 is 1.97 bits per heavy atom. The van der Waals surface area contributed by atoms with Crippen LogP contribution in [0, 0.1) is 0 Å². The molecule has 0 atom stereocenters. The van der Waals surface area contributed by atoms with Gasteiger partial charge in [0.2, 0.25) is 5.91 Å². The predicted molar refractivity (Wildman–Crippen MR) is 123 cm³/mol. The van der Waals surface area contributed by atoms with Crippen molar-refractivity contribution in [3.8, 4) is 11.3 Å². The number of nitrogens with one attached hydrogen (secondary N) is 1. The van der Waals surface area contributed by atoms with Crippen LogP contribution in [0.5, 0.6) is 0 Å². The highest BCUT2D eigenvalue weighted by molar-refractivity contribution is 7.09. The highest BCUT2D eigenvalue weighted by atomic mass is 32.1. The Bertz CT molecular complexity index is 1150. The predicted octanol–water partition coefficient (Wildman–Crippen LogP) is 3.58. The van der Waals surface area contributed by atoms with Gasteiger partial charge in [0.25, 0.3) is 12.3 Å². The van der Waals surface area contributed by atoms with E-state index in [-0.39, 0.29) is 17.2 Å². The molecule has 34 heavy (non-hydrogen) atoms. The largest absolute Gasteiger partial charge is 0.465 e. The lowest BCUT2D eigenvalue weighted by atomic mass is 10.0. The zero-order valence-corrected chi connectivity index (χ0v) is 19.3. The first-order valence-electron chi connectivity index (χ1n) is 10.2. The van der Waals surface area contributed by atoms with E-state index in [1.165, 1.54) is 29.7 Å². The Morgan fingerprint density at radius 3 is 2.56 bits per heavy atom. The van der Waals surface area contributed by atoms with Crippen molar-refractivity contribution in [3.63, 3.8) is 0 Å². The second-order valence-corrected chi connectivity index (χ2v) is 8.12. The fraction of sp³-hybridized carbons (Fsp3) is 0.261. The van der Waals surface area contributed by atoms with Crippen LogP contribution < -0.4 is 10.2 Å². The Balaban J connectivity index is 1.80. The standard InChI is InChI=1S/C23H22F2N4O4S/c1-14(30)29(12-21(24)25)20-6-4-15(9-18(20)23(32)33-2)19-5-3-16(10-28-19)22(31)27-8-7-17-11-26-13-34-17/h3-6,9-11,13,21H,7-8,12H2,1-2H3,(H,27,31). The van der Waals surface area contributed by atoms with Crippen LogP contribution in [0.4, 0.5) is 14.5 Å². The third-order valence-electron chi connectivity index (χ3n) is 4.86. The number of carbonyl (C=O) groups excluding carboxylic acids is 3. The van der Waals surface area contributed by atoms with E-state index in [1.807, 2.05) is 0 Å². The molecule has 1 aromatic carbocycles. The number of pyridine rings is 1. The zero-order chi connectivity index (χ0) is 24.7. The summed E-state index contributed by atoms with van der Waals surface area (Å²) in [5.74, 6) is -1.70. The van der Waals surface area contributed by atoms with E-state index < -0.39 is 24.8 Å². The summed E-state index contributed by atoms with van der Waals surface area (Å²) < 4.78 is 30.8. The van der Waals surface area contributed by atoms with Gasteiger partial charge in [0.15, 0.2) is 0 Å². The molecule has 0 radical (unpaired) electrons. The second kappa shape index (κ2) is 11.4. The number of alkyl halides is 2.